The lowest BCUT2D eigenvalue weighted by molar-refractivity contribution is -0.996. The predicted octanol–water partition coefficient (Wildman–Crippen LogP) is -2.22. The lowest BCUT2D eigenvalue weighted by atomic mass is 10.2. The van der Waals surface area contributed by atoms with Crippen molar-refractivity contribution in [2.75, 3.05) is 12.0 Å². The molecule has 0 saturated carbocycles. The Morgan fingerprint density at radius 1 is 1.30 bits per heavy atom. The van der Waals surface area contributed by atoms with Crippen LogP contribution in [0.4, 0.5) is 17.1 Å². The molecule has 10 heteroatoms. The molecule has 2 unspecified atom stereocenters. The largest absolute Gasteiger partial charge is 0.595 e. The van der Waals surface area contributed by atoms with Gasteiger partial charge in [-0.15, -0.1) is 0 Å². The molecule has 0 radical (unpaired) electrons. The highest BCUT2D eigenvalue weighted by molar-refractivity contribution is 6.08. The van der Waals surface area contributed by atoms with Gasteiger partial charge in [-0.3, -0.25) is 10.2 Å². The summed E-state index contributed by atoms with van der Waals surface area (Å²) in [7, 11) is 0. The van der Waals surface area contributed by atoms with Crippen LogP contribution >= 0.6 is 0 Å². The van der Waals surface area contributed by atoms with Crippen molar-refractivity contribution in [1.29, 1.82) is 0 Å². The molecule has 0 bridgehead atoms. The quantitative estimate of drug-likeness (QED) is 0.345. The molecule has 108 valence electrons. The number of hydrogen-bond acceptors (Lipinski definition) is 7. The van der Waals surface area contributed by atoms with Crippen molar-refractivity contribution in [3.63, 3.8) is 0 Å². The number of carbonyl (C=O) groups is 1. The minimum atomic E-state index is -1.27. The fourth-order valence-electron chi connectivity index (χ4n) is 1.68. The SMILES string of the molecule is O=C1CC(=NNc2ccc([NH+]([O-])O)cc2[NH+]([O-])O)CN1. The first-order valence-corrected chi connectivity index (χ1v) is 5.66. The number of hydrogen-bond donors (Lipinski definition) is 6. The van der Waals surface area contributed by atoms with Crippen LogP contribution in [0.25, 0.3) is 0 Å². The number of anilines is 1. The number of hydrazone groups is 1. The number of rotatable bonds is 4. The first-order chi connectivity index (χ1) is 9.47. The topological polar surface area (TPSA) is 149 Å². The maximum atomic E-state index is 11.1. The first-order valence-electron chi connectivity index (χ1n) is 5.66. The van der Waals surface area contributed by atoms with Crippen LogP contribution < -0.4 is 21.2 Å². The summed E-state index contributed by atoms with van der Waals surface area (Å²) in [5.74, 6) is -0.148. The minimum Gasteiger partial charge on any atom is -0.595 e. The summed E-state index contributed by atoms with van der Waals surface area (Å²) in [6.45, 7) is 0.307. The van der Waals surface area contributed by atoms with Crippen molar-refractivity contribution in [2.45, 2.75) is 6.42 Å². The first kappa shape index (κ1) is 14.3. The van der Waals surface area contributed by atoms with Gasteiger partial charge in [-0.25, -0.2) is 10.4 Å². The normalized spacial score (nSPS) is 19.8. The Bertz CT molecular complexity index is 545. The highest BCUT2D eigenvalue weighted by atomic mass is 16.8. The van der Waals surface area contributed by atoms with Gasteiger partial charge in [-0.1, -0.05) is 0 Å². The van der Waals surface area contributed by atoms with E-state index in [4.69, 9.17) is 10.4 Å². The zero-order valence-electron chi connectivity index (χ0n) is 10.2. The van der Waals surface area contributed by atoms with Crippen LogP contribution in [0.2, 0.25) is 0 Å². The zero-order valence-corrected chi connectivity index (χ0v) is 10.2. The maximum absolute atomic E-state index is 11.1. The lowest BCUT2D eigenvalue weighted by Crippen LogP contribution is -3.00. The molecule has 0 aromatic heterocycles. The molecule has 0 aliphatic carbocycles. The summed E-state index contributed by atoms with van der Waals surface area (Å²) >= 11 is 0. The number of amides is 1. The number of carbonyl (C=O) groups excluding carboxylic acids is 1. The van der Waals surface area contributed by atoms with Gasteiger partial charge in [0.05, 0.1) is 24.7 Å². The molecule has 0 spiro atoms. The Hall–Kier alpha value is -2.08. The van der Waals surface area contributed by atoms with Crippen LogP contribution in [0.3, 0.4) is 0 Å². The fraction of sp³-hybridized carbons (Fsp3) is 0.200. The molecular weight excluding hydrogens is 270 g/mol. The molecule has 1 aromatic carbocycles. The zero-order chi connectivity index (χ0) is 14.7. The van der Waals surface area contributed by atoms with Crippen LogP contribution in [0.1, 0.15) is 6.42 Å². The molecule has 1 amide bonds. The molecule has 1 aromatic rings. The molecule has 2 atom stereocenters. The van der Waals surface area contributed by atoms with Gasteiger partial charge in [0.25, 0.3) is 0 Å². The Balaban J connectivity index is 2.20. The minimum absolute atomic E-state index is 0.127. The van der Waals surface area contributed by atoms with Gasteiger partial charge in [-0.2, -0.15) is 15.6 Å². The van der Waals surface area contributed by atoms with Crippen molar-refractivity contribution < 1.29 is 25.7 Å². The van der Waals surface area contributed by atoms with E-state index in [1.807, 2.05) is 0 Å². The van der Waals surface area contributed by atoms with Gasteiger partial charge in [-0.05, 0) is 6.07 Å². The van der Waals surface area contributed by atoms with E-state index >= 15 is 0 Å². The number of nitrogens with zero attached hydrogens (tertiary/aromatic N) is 1. The Morgan fingerprint density at radius 2 is 2.05 bits per heavy atom. The summed E-state index contributed by atoms with van der Waals surface area (Å²) in [5, 5.41) is 43.8. The summed E-state index contributed by atoms with van der Waals surface area (Å²) in [6, 6.07) is 3.64. The van der Waals surface area contributed by atoms with E-state index in [2.05, 4.69) is 15.8 Å². The summed E-state index contributed by atoms with van der Waals surface area (Å²) < 4.78 is 0. The Labute approximate surface area is 113 Å². The fourth-order valence-corrected chi connectivity index (χ4v) is 1.68. The maximum Gasteiger partial charge on any atom is 0.226 e. The number of benzene rings is 1. The smallest absolute Gasteiger partial charge is 0.226 e. The number of nitrogens with one attached hydrogen (secondary N) is 4. The summed E-state index contributed by atoms with van der Waals surface area (Å²) in [4.78, 5) is 11.0. The van der Waals surface area contributed by atoms with E-state index in [9.17, 15) is 15.2 Å². The molecule has 1 heterocycles. The highest BCUT2D eigenvalue weighted by Gasteiger charge is 2.17. The third-order valence-corrected chi connectivity index (χ3v) is 2.69. The average Bonchev–Trinajstić information content (AvgIpc) is 2.81. The van der Waals surface area contributed by atoms with E-state index in [0.717, 1.165) is 6.07 Å². The second-order valence-electron chi connectivity index (χ2n) is 4.11. The molecule has 2 rings (SSSR count). The van der Waals surface area contributed by atoms with E-state index in [1.165, 1.54) is 12.1 Å². The van der Waals surface area contributed by atoms with Crippen LogP contribution in [0.15, 0.2) is 23.3 Å². The van der Waals surface area contributed by atoms with Crippen LogP contribution in [-0.2, 0) is 4.79 Å². The molecular formula is C10H13N5O5. The van der Waals surface area contributed by atoms with Crippen LogP contribution in [0.5, 0.6) is 0 Å². The van der Waals surface area contributed by atoms with Gasteiger partial charge >= 0.3 is 0 Å². The highest BCUT2D eigenvalue weighted by Crippen LogP contribution is 2.20. The molecule has 1 fully saturated rings. The van der Waals surface area contributed by atoms with Crippen molar-refractivity contribution in [3.05, 3.63) is 28.6 Å². The van der Waals surface area contributed by atoms with Crippen molar-refractivity contribution in [1.82, 2.24) is 5.32 Å². The van der Waals surface area contributed by atoms with Gasteiger partial charge in [0.1, 0.15) is 5.69 Å². The number of quaternary nitrogens is 2. The molecule has 1 aliphatic rings. The Kier molecular flexibility index (Phi) is 4.24. The van der Waals surface area contributed by atoms with Crippen molar-refractivity contribution >= 4 is 28.7 Å². The predicted molar refractivity (Wildman–Crippen MR) is 66.7 cm³/mol. The molecule has 1 aliphatic heterocycles. The molecule has 6 N–H and O–H groups in total. The Morgan fingerprint density at radius 3 is 2.60 bits per heavy atom. The van der Waals surface area contributed by atoms with Gasteiger partial charge < -0.3 is 15.7 Å². The van der Waals surface area contributed by atoms with Crippen molar-refractivity contribution in [2.24, 2.45) is 5.10 Å². The molecule has 20 heavy (non-hydrogen) atoms. The standard InChI is InChI=1S/C10H13N5O5/c16-10-3-6(5-11-10)12-13-8-2-1-7(14(17)18)4-9(8)15(19)20/h1-2,4,13-15,17,19H,3,5H2,(H,11,16). The average molecular weight is 283 g/mol. The summed E-state index contributed by atoms with van der Waals surface area (Å²) in [5.41, 5.74) is 2.93. The van der Waals surface area contributed by atoms with E-state index in [-0.39, 0.29) is 29.4 Å². The van der Waals surface area contributed by atoms with Gasteiger partial charge in [0, 0.05) is 6.07 Å². The lowest BCUT2D eigenvalue weighted by Gasteiger charge is -2.18. The monoisotopic (exact) mass is 283 g/mol. The van der Waals surface area contributed by atoms with E-state index in [0.29, 0.717) is 12.3 Å². The van der Waals surface area contributed by atoms with E-state index in [1.54, 1.807) is 0 Å². The summed E-state index contributed by atoms with van der Waals surface area (Å²) in [6.07, 6.45) is 0.155. The molecule has 10 nitrogen and oxygen atoms in total. The molecule has 1 saturated heterocycles. The van der Waals surface area contributed by atoms with Crippen LogP contribution in [-0.4, -0.2) is 28.6 Å². The van der Waals surface area contributed by atoms with Gasteiger partial charge in [0.2, 0.25) is 5.91 Å². The third kappa shape index (κ3) is 3.27. The van der Waals surface area contributed by atoms with E-state index < -0.39 is 10.5 Å². The van der Waals surface area contributed by atoms with Crippen LogP contribution in [0, 0.1) is 10.4 Å². The second-order valence-corrected chi connectivity index (χ2v) is 4.11. The van der Waals surface area contributed by atoms with Gasteiger partial charge in [0.15, 0.2) is 11.4 Å². The second kappa shape index (κ2) is 5.92. The van der Waals surface area contributed by atoms with Crippen molar-refractivity contribution in [3.8, 4) is 0 Å². The third-order valence-electron chi connectivity index (χ3n) is 2.69.